The SMILES string of the molecule is CCN(Cc1ccccc1)C(=O)CN(c1ccccc1Cl)S(C)(=O)=O. The molecule has 0 heterocycles. The lowest BCUT2D eigenvalue weighted by Gasteiger charge is -2.27. The van der Waals surface area contributed by atoms with Gasteiger partial charge in [-0.1, -0.05) is 54.1 Å². The highest BCUT2D eigenvalue weighted by Gasteiger charge is 2.25. The van der Waals surface area contributed by atoms with E-state index in [0.29, 0.717) is 18.8 Å². The van der Waals surface area contributed by atoms with Crippen LogP contribution in [0.3, 0.4) is 0 Å². The van der Waals surface area contributed by atoms with E-state index in [4.69, 9.17) is 11.6 Å². The van der Waals surface area contributed by atoms with E-state index in [0.717, 1.165) is 16.1 Å². The van der Waals surface area contributed by atoms with Crippen molar-refractivity contribution in [2.24, 2.45) is 0 Å². The summed E-state index contributed by atoms with van der Waals surface area (Å²) >= 11 is 6.12. The first-order valence-corrected chi connectivity index (χ1v) is 10.1. The van der Waals surface area contributed by atoms with Crippen molar-refractivity contribution in [1.29, 1.82) is 0 Å². The Labute approximate surface area is 153 Å². The van der Waals surface area contributed by atoms with E-state index >= 15 is 0 Å². The summed E-state index contributed by atoms with van der Waals surface area (Å²) in [4.78, 5) is 14.3. The summed E-state index contributed by atoms with van der Waals surface area (Å²) in [7, 11) is -3.65. The molecule has 2 aromatic carbocycles. The van der Waals surface area contributed by atoms with Crippen molar-refractivity contribution in [3.05, 3.63) is 65.2 Å². The van der Waals surface area contributed by atoms with Gasteiger partial charge in [0.2, 0.25) is 15.9 Å². The molecule has 1 amide bonds. The summed E-state index contributed by atoms with van der Waals surface area (Å²) in [6, 6.07) is 16.2. The molecule has 0 saturated heterocycles. The minimum Gasteiger partial charge on any atom is -0.337 e. The molecule has 0 atom stereocenters. The van der Waals surface area contributed by atoms with Crippen LogP contribution in [0.15, 0.2) is 54.6 Å². The molecule has 0 aliphatic carbocycles. The lowest BCUT2D eigenvalue weighted by atomic mass is 10.2. The number of halogens is 1. The van der Waals surface area contributed by atoms with Gasteiger partial charge in [-0.15, -0.1) is 0 Å². The van der Waals surface area contributed by atoms with Crippen LogP contribution in [0.25, 0.3) is 0 Å². The summed E-state index contributed by atoms with van der Waals surface area (Å²) in [5, 5.41) is 0.284. The summed E-state index contributed by atoms with van der Waals surface area (Å²) in [6.07, 6.45) is 1.07. The Bertz CT molecular complexity index is 825. The van der Waals surface area contributed by atoms with Gasteiger partial charge >= 0.3 is 0 Å². The molecule has 5 nitrogen and oxygen atoms in total. The number of nitrogens with zero attached hydrogens (tertiary/aromatic N) is 2. The number of likely N-dealkylation sites (N-methyl/N-ethyl adjacent to an activating group) is 1. The molecule has 0 bridgehead atoms. The van der Waals surface area contributed by atoms with Gasteiger partial charge in [0.15, 0.2) is 0 Å². The number of benzene rings is 2. The Balaban J connectivity index is 2.23. The summed E-state index contributed by atoms with van der Waals surface area (Å²) in [5.74, 6) is -0.281. The van der Waals surface area contributed by atoms with E-state index < -0.39 is 10.0 Å². The second-order valence-corrected chi connectivity index (χ2v) is 7.93. The smallest absolute Gasteiger partial charge is 0.243 e. The fraction of sp³-hybridized carbons (Fsp3) is 0.278. The van der Waals surface area contributed by atoms with Crippen molar-refractivity contribution >= 4 is 33.2 Å². The standard InChI is InChI=1S/C18H21ClN2O3S/c1-3-20(13-15-9-5-4-6-10-15)18(22)14-21(25(2,23)24)17-12-8-7-11-16(17)19/h4-12H,3,13-14H2,1-2H3. The summed E-state index contributed by atoms with van der Waals surface area (Å²) < 4.78 is 25.4. The van der Waals surface area contributed by atoms with Gasteiger partial charge in [-0.2, -0.15) is 0 Å². The maximum atomic E-state index is 12.7. The van der Waals surface area contributed by atoms with Crippen molar-refractivity contribution in [3.8, 4) is 0 Å². The fourth-order valence-corrected chi connectivity index (χ4v) is 3.59. The predicted octanol–water partition coefficient (Wildman–Crippen LogP) is 3.15. The molecule has 0 spiro atoms. The number of carbonyl (C=O) groups excluding carboxylic acids is 1. The highest BCUT2D eigenvalue weighted by atomic mass is 35.5. The quantitative estimate of drug-likeness (QED) is 0.741. The molecular weight excluding hydrogens is 360 g/mol. The Morgan fingerprint density at radius 1 is 1.04 bits per heavy atom. The third-order valence-electron chi connectivity index (χ3n) is 3.75. The second-order valence-electron chi connectivity index (χ2n) is 5.61. The molecule has 0 unspecified atom stereocenters. The van der Waals surface area contributed by atoms with E-state index in [9.17, 15) is 13.2 Å². The number of para-hydroxylation sites is 1. The van der Waals surface area contributed by atoms with Crippen LogP contribution < -0.4 is 4.31 Å². The summed E-state index contributed by atoms with van der Waals surface area (Å²) in [5.41, 5.74) is 1.29. The molecule has 0 fully saturated rings. The Hall–Kier alpha value is -2.05. The second kappa shape index (κ2) is 8.36. The van der Waals surface area contributed by atoms with Crippen LogP contribution in [0, 0.1) is 0 Å². The van der Waals surface area contributed by atoms with Crippen molar-refractivity contribution in [2.45, 2.75) is 13.5 Å². The van der Waals surface area contributed by atoms with Crippen LogP contribution in [-0.2, 0) is 21.4 Å². The van der Waals surface area contributed by atoms with Crippen molar-refractivity contribution in [1.82, 2.24) is 4.90 Å². The molecule has 25 heavy (non-hydrogen) atoms. The van der Waals surface area contributed by atoms with Crippen LogP contribution >= 0.6 is 11.6 Å². The van der Waals surface area contributed by atoms with Gasteiger partial charge in [-0.05, 0) is 24.6 Å². The van der Waals surface area contributed by atoms with Crippen molar-refractivity contribution < 1.29 is 13.2 Å². The van der Waals surface area contributed by atoms with Gasteiger partial charge in [0.25, 0.3) is 0 Å². The van der Waals surface area contributed by atoms with Crippen LogP contribution in [0.5, 0.6) is 0 Å². The fourth-order valence-electron chi connectivity index (χ4n) is 2.44. The summed E-state index contributed by atoms with van der Waals surface area (Å²) in [6.45, 7) is 2.48. The molecule has 134 valence electrons. The first-order chi connectivity index (χ1) is 11.8. The van der Waals surface area contributed by atoms with Crippen LogP contribution in [0.2, 0.25) is 5.02 Å². The van der Waals surface area contributed by atoms with Gasteiger partial charge < -0.3 is 4.90 Å². The van der Waals surface area contributed by atoms with Crippen molar-refractivity contribution in [2.75, 3.05) is 23.7 Å². The number of sulfonamides is 1. The number of anilines is 1. The molecule has 0 saturated carbocycles. The number of rotatable bonds is 7. The highest BCUT2D eigenvalue weighted by molar-refractivity contribution is 7.92. The largest absolute Gasteiger partial charge is 0.337 e. The van der Waals surface area contributed by atoms with E-state index in [1.165, 1.54) is 0 Å². The molecule has 0 radical (unpaired) electrons. The molecule has 2 rings (SSSR count). The minimum absolute atomic E-state index is 0.281. The Morgan fingerprint density at radius 2 is 1.64 bits per heavy atom. The number of carbonyl (C=O) groups is 1. The monoisotopic (exact) mass is 380 g/mol. The average molecular weight is 381 g/mol. The predicted molar refractivity (Wildman–Crippen MR) is 101 cm³/mol. The zero-order chi connectivity index (χ0) is 18.4. The normalized spacial score (nSPS) is 11.2. The Morgan fingerprint density at radius 3 is 2.20 bits per heavy atom. The minimum atomic E-state index is -3.65. The third kappa shape index (κ3) is 5.21. The van der Waals surface area contributed by atoms with Crippen molar-refractivity contribution in [3.63, 3.8) is 0 Å². The number of hydrogen-bond donors (Lipinski definition) is 0. The van der Waals surface area contributed by atoms with Gasteiger partial charge in [-0.25, -0.2) is 8.42 Å². The first-order valence-electron chi connectivity index (χ1n) is 7.87. The molecule has 2 aromatic rings. The van der Waals surface area contributed by atoms with Gasteiger partial charge in [0.1, 0.15) is 6.54 Å². The molecular formula is C18H21ClN2O3S. The molecule has 7 heteroatoms. The lowest BCUT2D eigenvalue weighted by Crippen LogP contribution is -2.42. The van der Waals surface area contributed by atoms with E-state index in [-0.39, 0.29) is 17.5 Å². The van der Waals surface area contributed by atoms with Gasteiger partial charge in [0, 0.05) is 13.1 Å². The molecule has 0 N–H and O–H groups in total. The Kier molecular flexibility index (Phi) is 6.45. The lowest BCUT2D eigenvalue weighted by molar-refractivity contribution is -0.129. The van der Waals surface area contributed by atoms with E-state index in [1.54, 1.807) is 29.2 Å². The number of amides is 1. The van der Waals surface area contributed by atoms with Crippen LogP contribution in [-0.4, -0.2) is 38.6 Å². The zero-order valence-electron chi connectivity index (χ0n) is 14.2. The van der Waals surface area contributed by atoms with Gasteiger partial charge in [0.05, 0.1) is 17.0 Å². The molecule has 0 aromatic heterocycles. The van der Waals surface area contributed by atoms with Gasteiger partial charge in [-0.3, -0.25) is 9.10 Å². The first kappa shape index (κ1) is 19.3. The van der Waals surface area contributed by atoms with E-state index in [1.807, 2.05) is 37.3 Å². The maximum absolute atomic E-state index is 12.7. The van der Waals surface area contributed by atoms with Crippen LogP contribution in [0.1, 0.15) is 12.5 Å². The molecule has 0 aliphatic rings. The highest BCUT2D eigenvalue weighted by Crippen LogP contribution is 2.27. The third-order valence-corrected chi connectivity index (χ3v) is 5.20. The van der Waals surface area contributed by atoms with Crippen LogP contribution in [0.4, 0.5) is 5.69 Å². The topological polar surface area (TPSA) is 57.7 Å². The molecule has 0 aliphatic heterocycles. The zero-order valence-corrected chi connectivity index (χ0v) is 15.8. The maximum Gasteiger partial charge on any atom is 0.243 e. The average Bonchev–Trinajstić information content (AvgIpc) is 2.58. The van der Waals surface area contributed by atoms with E-state index in [2.05, 4.69) is 0 Å². The number of hydrogen-bond acceptors (Lipinski definition) is 3.